The van der Waals surface area contributed by atoms with Crippen LogP contribution in [0.25, 0.3) is 10.2 Å². The predicted molar refractivity (Wildman–Crippen MR) is 140 cm³/mol. The van der Waals surface area contributed by atoms with Gasteiger partial charge in [0.15, 0.2) is 5.13 Å². The minimum absolute atomic E-state index is 0.0190. The standard InChI is InChI=1S/C25H24ClN3O3S2/c1-31-20-9-10-21(32-2)24-23(20)28-25(34-24)29(16-17-11-13-27-14-12-17)22(30)4-3-15-33-19-7-5-18(26)6-8-19/h5-14H,3-4,15-16H2,1-2H3. The summed E-state index contributed by atoms with van der Waals surface area (Å²) >= 11 is 9.10. The molecule has 0 bridgehead atoms. The molecule has 4 rings (SSSR count). The Morgan fingerprint density at radius 1 is 1.03 bits per heavy atom. The predicted octanol–water partition coefficient (Wildman–Crippen LogP) is 6.47. The summed E-state index contributed by atoms with van der Waals surface area (Å²) < 4.78 is 11.9. The fourth-order valence-electron chi connectivity index (χ4n) is 3.40. The van der Waals surface area contributed by atoms with Crippen molar-refractivity contribution in [2.45, 2.75) is 24.3 Å². The van der Waals surface area contributed by atoms with Crippen molar-refractivity contribution in [1.82, 2.24) is 9.97 Å². The third-order valence-electron chi connectivity index (χ3n) is 5.14. The van der Waals surface area contributed by atoms with E-state index >= 15 is 0 Å². The molecule has 4 aromatic rings. The molecule has 0 fully saturated rings. The molecule has 0 N–H and O–H groups in total. The lowest BCUT2D eigenvalue weighted by Crippen LogP contribution is -2.30. The Labute approximate surface area is 211 Å². The second-order valence-electron chi connectivity index (χ2n) is 7.39. The van der Waals surface area contributed by atoms with Gasteiger partial charge in [0.05, 0.1) is 20.8 Å². The van der Waals surface area contributed by atoms with Crippen molar-refractivity contribution in [2.75, 3.05) is 24.9 Å². The van der Waals surface area contributed by atoms with Crippen LogP contribution in [0, 0.1) is 0 Å². The van der Waals surface area contributed by atoms with Gasteiger partial charge in [-0.1, -0.05) is 22.9 Å². The number of ether oxygens (including phenoxy) is 2. The fraction of sp³-hybridized carbons (Fsp3) is 0.240. The Morgan fingerprint density at radius 2 is 1.74 bits per heavy atom. The number of methoxy groups -OCH3 is 2. The van der Waals surface area contributed by atoms with Gasteiger partial charge in [0.1, 0.15) is 21.7 Å². The van der Waals surface area contributed by atoms with E-state index in [2.05, 4.69) is 4.98 Å². The summed E-state index contributed by atoms with van der Waals surface area (Å²) in [4.78, 5) is 25.1. The molecule has 0 saturated carbocycles. The van der Waals surface area contributed by atoms with Crippen molar-refractivity contribution in [3.8, 4) is 11.5 Å². The van der Waals surface area contributed by atoms with Crippen molar-refractivity contribution in [3.05, 3.63) is 71.5 Å². The second-order valence-corrected chi connectivity index (χ2v) is 9.97. The molecule has 2 heterocycles. The summed E-state index contributed by atoms with van der Waals surface area (Å²) in [6.45, 7) is 0.413. The molecule has 0 saturated heterocycles. The number of aromatic nitrogens is 2. The molecule has 0 aliphatic heterocycles. The average molecular weight is 514 g/mol. The third-order valence-corrected chi connectivity index (χ3v) is 7.58. The van der Waals surface area contributed by atoms with E-state index in [1.807, 2.05) is 48.5 Å². The van der Waals surface area contributed by atoms with E-state index in [9.17, 15) is 4.79 Å². The molecule has 0 aliphatic carbocycles. The monoisotopic (exact) mass is 513 g/mol. The number of fused-ring (bicyclic) bond motifs is 1. The van der Waals surface area contributed by atoms with Crippen LogP contribution in [0.2, 0.25) is 5.02 Å². The van der Waals surface area contributed by atoms with E-state index < -0.39 is 0 Å². The maximum absolute atomic E-state index is 13.4. The molecule has 0 aliphatic rings. The molecule has 0 radical (unpaired) electrons. The number of carbonyl (C=O) groups excluding carboxylic acids is 1. The lowest BCUT2D eigenvalue weighted by Gasteiger charge is -2.20. The Kier molecular flexibility index (Phi) is 8.26. The highest BCUT2D eigenvalue weighted by atomic mass is 35.5. The molecular weight excluding hydrogens is 490 g/mol. The summed E-state index contributed by atoms with van der Waals surface area (Å²) in [5.74, 6) is 2.20. The number of benzene rings is 2. The molecule has 2 aromatic carbocycles. The van der Waals surface area contributed by atoms with Crippen molar-refractivity contribution < 1.29 is 14.3 Å². The number of anilines is 1. The Balaban J connectivity index is 1.54. The molecule has 1 amide bonds. The molecule has 2 aromatic heterocycles. The minimum Gasteiger partial charge on any atom is -0.495 e. The first-order valence-corrected chi connectivity index (χ1v) is 12.9. The second kappa shape index (κ2) is 11.6. The highest BCUT2D eigenvalue weighted by molar-refractivity contribution is 7.99. The quantitative estimate of drug-likeness (QED) is 0.179. The largest absolute Gasteiger partial charge is 0.495 e. The van der Waals surface area contributed by atoms with Gasteiger partial charge in [-0.3, -0.25) is 14.7 Å². The SMILES string of the molecule is COc1ccc(OC)c2sc(N(Cc3ccncc3)C(=O)CCCSc3ccc(Cl)cc3)nc12. The lowest BCUT2D eigenvalue weighted by atomic mass is 10.2. The highest BCUT2D eigenvalue weighted by Crippen LogP contribution is 2.40. The van der Waals surface area contributed by atoms with Gasteiger partial charge in [0, 0.05) is 28.7 Å². The van der Waals surface area contributed by atoms with Crippen LogP contribution in [-0.4, -0.2) is 35.8 Å². The van der Waals surface area contributed by atoms with Crippen LogP contribution < -0.4 is 14.4 Å². The first kappa shape index (κ1) is 24.3. The molecule has 9 heteroatoms. The number of pyridine rings is 1. The van der Waals surface area contributed by atoms with Crippen molar-refractivity contribution >= 4 is 56.0 Å². The fourth-order valence-corrected chi connectivity index (χ4v) is 5.47. The zero-order valence-electron chi connectivity index (χ0n) is 18.9. The van der Waals surface area contributed by atoms with Crippen LogP contribution in [0.3, 0.4) is 0 Å². The van der Waals surface area contributed by atoms with Gasteiger partial charge in [-0.25, -0.2) is 4.98 Å². The van der Waals surface area contributed by atoms with Gasteiger partial charge in [-0.2, -0.15) is 0 Å². The van der Waals surface area contributed by atoms with Crippen molar-refractivity contribution in [2.24, 2.45) is 0 Å². The Hall–Kier alpha value is -2.81. The number of hydrogen-bond donors (Lipinski definition) is 0. The maximum atomic E-state index is 13.4. The van der Waals surface area contributed by atoms with Gasteiger partial charge in [-0.05, 0) is 66.3 Å². The molecule has 0 unspecified atom stereocenters. The van der Waals surface area contributed by atoms with E-state index in [1.54, 1.807) is 43.3 Å². The molecule has 34 heavy (non-hydrogen) atoms. The van der Waals surface area contributed by atoms with Crippen LogP contribution in [0.1, 0.15) is 18.4 Å². The summed E-state index contributed by atoms with van der Waals surface area (Å²) in [5, 5.41) is 1.33. The van der Waals surface area contributed by atoms with Crippen LogP contribution in [0.15, 0.2) is 65.8 Å². The van der Waals surface area contributed by atoms with Gasteiger partial charge < -0.3 is 9.47 Å². The summed E-state index contributed by atoms with van der Waals surface area (Å²) in [7, 11) is 3.23. The topological polar surface area (TPSA) is 64.6 Å². The van der Waals surface area contributed by atoms with Gasteiger partial charge >= 0.3 is 0 Å². The van der Waals surface area contributed by atoms with Crippen LogP contribution in [0.4, 0.5) is 5.13 Å². The first-order chi connectivity index (χ1) is 16.6. The van der Waals surface area contributed by atoms with E-state index in [0.717, 1.165) is 32.4 Å². The van der Waals surface area contributed by atoms with Crippen LogP contribution in [0.5, 0.6) is 11.5 Å². The van der Waals surface area contributed by atoms with Gasteiger partial charge in [0.2, 0.25) is 5.91 Å². The number of thiazole rings is 1. The number of nitrogens with zero attached hydrogens (tertiary/aromatic N) is 3. The maximum Gasteiger partial charge on any atom is 0.229 e. The number of hydrogen-bond acceptors (Lipinski definition) is 7. The van der Waals surface area contributed by atoms with Gasteiger partial charge in [-0.15, -0.1) is 11.8 Å². The summed E-state index contributed by atoms with van der Waals surface area (Å²) in [6.07, 6.45) is 4.61. The first-order valence-electron chi connectivity index (χ1n) is 10.7. The van der Waals surface area contributed by atoms with Crippen molar-refractivity contribution in [1.29, 1.82) is 0 Å². The molecule has 0 spiro atoms. The summed E-state index contributed by atoms with van der Waals surface area (Å²) in [5.41, 5.74) is 1.67. The number of halogens is 1. The van der Waals surface area contributed by atoms with Crippen LogP contribution >= 0.6 is 34.7 Å². The lowest BCUT2D eigenvalue weighted by molar-refractivity contribution is -0.118. The smallest absolute Gasteiger partial charge is 0.229 e. The molecule has 6 nitrogen and oxygen atoms in total. The van der Waals surface area contributed by atoms with Gasteiger partial charge in [0.25, 0.3) is 0 Å². The van der Waals surface area contributed by atoms with Crippen LogP contribution in [-0.2, 0) is 11.3 Å². The average Bonchev–Trinajstić information content (AvgIpc) is 3.31. The van der Waals surface area contributed by atoms with E-state index in [-0.39, 0.29) is 5.91 Å². The van der Waals surface area contributed by atoms with E-state index in [4.69, 9.17) is 26.1 Å². The Bertz CT molecular complexity index is 1210. The number of amides is 1. The molecular formula is C25H24ClN3O3S2. The Morgan fingerprint density at radius 3 is 2.44 bits per heavy atom. The third kappa shape index (κ3) is 5.81. The highest BCUT2D eigenvalue weighted by Gasteiger charge is 2.22. The van der Waals surface area contributed by atoms with Crippen molar-refractivity contribution in [3.63, 3.8) is 0 Å². The summed E-state index contributed by atoms with van der Waals surface area (Å²) in [6, 6.07) is 15.2. The molecule has 0 atom stereocenters. The zero-order chi connectivity index (χ0) is 23.9. The van der Waals surface area contributed by atoms with E-state index in [1.165, 1.54) is 11.3 Å². The normalized spacial score (nSPS) is 10.9. The van der Waals surface area contributed by atoms with E-state index in [0.29, 0.717) is 35.1 Å². The number of rotatable bonds is 10. The zero-order valence-corrected chi connectivity index (χ0v) is 21.3. The molecule has 176 valence electrons. The minimum atomic E-state index is 0.0190. The number of carbonyl (C=O) groups is 1. The number of thioether (sulfide) groups is 1.